The van der Waals surface area contributed by atoms with Gasteiger partial charge in [-0.15, -0.1) is 5.10 Å². The number of benzene rings is 2. The van der Waals surface area contributed by atoms with Gasteiger partial charge in [0.05, 0.1) is 23.3 Å². The smallest absolute Gasteiger partial charge is 0.263 e. The first kappa shape index (κ1) is 23.5. The molecule has 3 heterocycles. The van der Waals surface area contributed by atoms with Crippen LogP contribution in [-0.4, -0.2) is 36.0 Å². The van der Waals surface area contributed by atoms with Gasteiger partial charge in [0.15, 0.2) is 0 Å². The van der Waals surface area contributed by atoms with Crippen molar-refractivity contribution in [3.8, 4) is 6.07 Å². The number of aryl methyl sites for hydroxylation is 1. The number of hydrogen-bond acceptors (Lipinski definition) is 8. The third-order valence-electron chi connectivity index (χ3n) is 7.10. The number of anilines is 2. The van der Waals surface area contributed by atoms with Crippen LogP contribution in [0.3, 0.4) is 0 Å². The molecular weight excluding hydrogens is 492 g/mol. The van der Waals surface area contributed by atoms with Crippen LogP contribution < -0.4 is 16.6 Å². The number of nitrogens with zero attached hydrogens (tertiary/aromatic N) is 7. The molecule has 0 unspecified atom stereocenters. The number of nitrogens with one attached hydrogen (secondary N) is 1. The summed E-state index contributed by atoms with van der Waals surface area (Å²) in [7, 11) is 1.67. The first-order chi connectivity index (χ1) is 18.3. The van der Waals surface area contributed by atoms with Crippen molar-refractivity contribution in [2.75, 3.05) is 11.1 Å². The van der Waals surface area contributed by atoms with E-state index in [4.69, 9.17) is 5.73 Å². The average molecular weight is 514 g/mol. The largest absolute Gasteiger partial charge is 0.383 e. The normalized spacial score (nSPS) is 15.0. The molecule has 190 valence electrons. The van der Waals surface area contributed by atoms with Crippen molar-refractivity contribution in [2.45, 2.75) is 30.8 Å². The van der Waals surface area contributed by atoms with Crippen molar-refractivity contribution >= 4 is 33.2 Å². The van der Waals surface area contributed by atoms with E-state index in [2.05, 4.69) is 31.7 Å². The second kappa shape index (κ2) is 8.58. The standard InChI is InChI=1S/C26H21F2N9O/c1-36-8-5-16-17(3-2-4-18(16)24(36)38)22(20-12-37(35-34-20)26(6-7-26)25(27)28)33-15-9-14(11-29)21-19(10-15)23(30)32-13-31-21/h2-5,8-10,12-13,22,25,33H,6-7H2,1H3,(H2,30,31,32)/t22-/m0/s1. The predicted octanol–water partition coefficient (Wildman–Crippen LogP) is 3.48. The van der Waals surface area contributed by atoms with Gasteiger partial charge in [-0.25, -0.2) is 23.4 Å². The molecule has 6 rings (SSSR count). The summed E-state index contributed by atoms with van der Waals surface area (Å²) < 4.78 is 30.3. The molecule has 0 aliphatic heterocycles. The van der Waals surface area contributed by atoms with Gasteiger partial charge in [0, 0.05) is 29.7 Å². The predicted molar refractivity (Wildman–Crippen MR) is 137 cm³/mol. The van der Waals surface area contributed by atoms with Crippen LogP contribution in [0.1, 0.15) is 35.7 Å². The van der Waals surface area contributed by atoms with E-state index in [1.54, 1.807) is 37.5 Å². The Kier molecular flexibility index (Phi) is 5.30. The fourth-order valence-corrected chi connectivity index (χ4v) is 4.79. The lowest BCUT2D eigenvalue weighted by molar-refractivity contribution is 0.0593. The molecule has 0 spiro atoms. The number of nitrogen functional groups attached to an aromatic ring is 1. The Labute approximate surface area is 214 Å². The van der Waals surface area contributed by atoms with Crippen molar-refractivity contribution in [1.29, 1.82) is 5.26 Å². The molecule has 1 atom stereocenters. The van der Waals surface area contributed by atoms with Crippen molar-refractivity contribution in [1.82, 2.24) is 29.5 Å². The fourth-order valence-electron chi connectivity index (χ4n) is 4.79. The van der Waals surface area contributed by atoms with Crippen LogP contribution in [-0.2, 0) is 12.6 Å². The number of halogens is 2. The van der Waals surface area contributed by atoms with Crippen molar-refractivity contribution in [3.63, 3.8) is 0 Å². The number of fused-ring (bicyclic) bond motifs is 2. The van der Waals surface area contributed by atoms with E-state index in [1.165, 1.54) is 21.8 Å². The van der Waals surface area contributed by atoms with Crippen LogP contribution in [0.15, 0.2) is 59.9 Å². The minimum Gasteiger partial charge on any atom is -0.383 e. The highest BCUT2D eigenvalue weighted by Gasteiger charge is 2.54. The molecule has 12 heteroatoms. The number of pyridine rings is 1. The lowest BCUT2D eigenvalue weighted by atomic mass is 9.97. The number of nitrogens with two attached hydrogens (primary N) is 1. The Hall–Kier alpha value is -4.92. The zero-order chi connectivity index (χ0) is 26.6. The zero-order valence-corrected chi connectivity index (χ0v) is 20.1. The first-order valence-corrected chi connectivity index (χ1v) is 11.8. The van der Waals surface area contributed by atoms with Gasteiger partial charge in [0.2, 0.25) is 0 Å². The van der Waals surface area contributed by atoms with Gasteiger partial charge in [0.1, 0.15) is 29.4 Å². The van der Waals surface area contributed by atoms with Gasteiger partial charge < -0.3 is 15.6 Å². The molecule has 0 bridgehead atoms. The maximum absolute atomic E-state index is 13.8. The van der Waals surface area contributed by atoms with Crippen LogP contribution in [0, 0.1) is 11.3 Å². The quantitative estimate of drug-likeness (QED) is 0.352. The van der Waals surface area contributed by atoms with E-state index in [0.717, 1.165) is 0 Å². The molecule has 0 radical (unpaired) electrons. The van der Waals surface area contributed by atoms with Gasteiger partial charge in [-0.3, -0.25) is 4.79 Å². The van der Waals surface area contributed by atoms with Crippen LogP contribution in [0.2, 0.25) is 0 Å². The molecule has 1 fully saturated rings. The van der Waals surface area contributed by atoms with E-state index in [-0.39, 0.29) is 16.9 Å². The summed E-state index contributed by atoms with van der Waals surface area (Å²) in [5, 5.41) is 23.1. The molecule has 10 nitrogen and oxygen atoms in total. The minimum atomic E-state index is -2.58. The topological polar surface area (TPSA) is 140 Å². The summed E-state index contributed by atoms with van der Waals surface area (Å²) in [6, 6.07) is 11.9. The molecular formula is C26H21F2N9O. The fraction of sp³-hybridized carbons (Fsp3) is 0.231. The zero-order valence-electron chi connectivity index (χ0n) is 20.1. The van der Waals surface area contributed by atoms with Crippen LogP contribution >= 0.6 is 0 Å². The molecule has 2 aromatic carbocycles. The Morgan fingerprint density at radius 3 is 2.71 bits per heavy atom. The highest BCUT2D eigenvalue weighted by Crippen LogP contribution is 2.48. The molecule has 1 aliphatic carbocycles. The van der Waals surface area contributed by atoms with E-state index >= 15 is 0 Å². The Bertz CT molecular complexity index is 1820. The van der Waals surface area contributed by atoms with Gasteiger partial charge in [-0.1, -0.05) is 17.3 Å². The number of rotatable bonds is 6. The summed E-state index contributed by atoms with van der Waals surface area (Å²) in [6.07, 6.45) is 2.52. The Morgan fingerprint density at radius 2 is 1.97 bits per heavy atom. The summed E-state index contributed by atoms with van der Waals surface area (Å²) in [6.45, 7) is 0. The number of hydrogen-bond donors (Lipinski definition) is 2. The second-order valence-electron chi connectivity index (χ2n) is 9.40. The van der Waals surface area contributed by atoms with Crippen LogP contribution in [0.4, 0.5) is 20.3 Å². The maximum atomic E-state index is 13.8. The molecule has 0 saturated heterocycles. The summed E-state index contributed by atoms with van der Waals surface area (Å²) in [4.78, 5) is 21.1. The monoisotopic (exact) mass is 513 g/mol. The SMILES string of the molecule is Cn1ccc2c([C@H](Nc3cc(C#N)c4ncnc(N)c4c3)c3cn(C4(C(F)F)CC4)nn3)cccc2c1=O. The first-order valence-electron chi connectivity index (χ1n) is 11.8. The molecule has 5 aromatic rings. The van der Waals surface area contributed by atoms with Crippen molar-refractivity contribution in [2.24, 2.45) is 7.05 Å². The average Bonchev–Trinajstić information content (AvgIpc) is 3.60. The molecule has 1 aliphatic rings. The highest BCUT2D eigenvalue weighted by atomic mass is 19.3. The second-order valence-corrected chi connectivity index (χ2v) is 9.40. The van der Waals surface area contributed by atoms with E-state index in [0.29, 0.717) is 51.5 Å². The van der Waals surface area contributed by atoms with E-state index < -0.39 is 18.0 Å². The van der Waals surface area contributed by atoms with Crippen LogP contribution in [0.25, 0.3) is 21.7 Å². The molecule has 1 saturated carbocycles. The van der Waals surface area contributed by atoms with Crippen molar-refractivity contribution < 1.29 is 8.78 Å². The van der Waals surface area contributed by atoms with Gasteiger partial charge >= 0.3 is 0 Å². The van der Waals surface area contributed by atoms with Gasteiger partial charge in [-0.2, -0.15) is 5.26 Å². The van der Waals surface area contributed by atoms with E-state index in [1.807, 2.05) is 12.1 Å². The maximum Gasteiger partial charge on any atom is 0.263 e. The lowest BCUT2D eigenvalue weighted by Gasteiger charge is -2.21. The Morgan fingerprint density at radius 1 is 1.16 bits per heavy atom. The Balaban J connectivity index is 1.53. The van der Waals surface area contributed by atoms with Crippen LogP contribution in [0.5, 0.6) is 0 Å². The van der Waals surface area contributed by atoms with Crippen molar-refractivity contribution in [3.05, 3.63) is 82.3 Å². The third-order valence-corrected chi connectivity index (χ3v) is 7.10. The molecule has 38 heavy (non-hydrogen) atoms. The number of alkyl halides is 2. The summed E-state index contributed by atoms with van der Waals surface area (Å²) >= 11 is 0. The van der Waals surface area contributed by atoms with Gasteiger partial charge in [0.25, 0.3) is 12.0 Å². The number of aromatic nitrogens is 6. The molecule has 3 N–H and O–H groups in total. The van der Waals surface area contributed by atoms with Gasteiger partial charge in [-0.05, 0) is 48.1 Å². The molecule has 0 amide bonds. The molecule has 3 aromatic heterocycles. The number of nitriles is 1. The third kappa shape index (κ3) is 3.62. The summed E-state index contributed by atoms with van der Waals surface area (Å²) in [5.41, 5.74) is 6.80. The van der Waals surface area contributed by atoms with E-state index in [9.17, 15) is 18.8 Å². The lowest BCUT2D eigenvalue weighted by Crippen LogP contribution is -2.26. The minimum absolute atomic E-state index is 0.177. The highest BCUT2D eigenvalue weighted by molar-refractivity contribution is 5.94. The summed E-state index contributed by atoms with van der Waals surface area (Å²) in [5.74, 6) is 0.207.